The van der Waals surface area contributed by atoms with Gasteiger partial charge in [0.2, 0.25) is 0 Å². The van der Waals surface area contributed by atoms with Crippen LogP contribution in [0.5, 0.6) is 0 Å². The Kier molecular flexibility index (Phi) is 8.15. The van der Waals surface area contributed by atoms with Gasteiger partial charge in [-0.3, -0.25) is 0 Å². The zero-order chi connectivity index (χ0) is 7.28. The molecule has 0 radical (unpaired) electrons. The van der Waals surface area contributed by atoms with Crippen molar-refractivity contribution in [3.05, 3.63) is 11.8 Å². The minimum absolute atomic E-state index is 0. The summed E-state index contributed by atoms with van der Waals surface area (Å²) >= 11 is 0. The van der Waals surface area contributed by atoms with Gasteiger partial charge < -0.3 is 4.74 Å². The van der Waals surface area contributed by atoms with Crippen LogP contribution < -0.4 is 0 Å². The van der Waals surface area contributed by atoms with Crippen LogP contribution in [0.25, 0.3) is 0 Å². The summed E-state index contributed by atoms with van der Waals surface area (Å²) in [7, 11) is 0. The van der Waals surface area contributed by atoms with Gasteiger partial charge in [0.25, 0.3) is 0 Å². The molecule has 10 heavy (non-hydrogen) atoms. The first-order chi connectivity index (χ1) is 4.16. The first-order valence-corrected chi connectivity index (χ1v) is 3.45. The third-order valence-corrected chi connectivity index (χ3v) is 1.11. The molecule has 0 saturated heterocycles. The summed E-state index contributed by atoms with van der Waals surface area (Å²) in [5.41, 5.74) is 1.22. The molecule has 0 N–H and O–H groups in total. The van der Waals surface area contributed by atoms with E-state index in [1.54, 1.807) is 0 Å². The highest BCUT2D eigenvalue weighted by molar-refractivity contribution is 4.86. The van der Waals surface area contributed by atoms with Crippen LogP contribution in [0.4, 0.5) is 0 Å². The molecule has 0 spiro atoms. The Hall–Kier alpha value is -0.460. The summed E-state index contributed by atoms with van der Waals surface area (Å²) < 4.78 is 5.29. The van der Waals surface area contributed by atoms with E-state index in [-0.39, 0.29) is 7.43 Å². The largest absolute Gasteiger partial charge is 0.498 e. The Balaban J connectivity index is 0. The fourth-order valence-electron chi connectivity index (χ4n) is 0.348. The van der Waals surface area contributed by atoms with Crippen molar-refractivity contribution in [2.75, 3.05) is 0 Å². The molecular weight excluding hydrogens is 124 g/mol. The fraction of sp³-hybridized carbons (Fsp3) is 0.778. The lowest BCUT2D eigenvalue weighted by Crippen LogP contribution is -2.00. The molecule has 0 aliphatic carbocycles. The van der Waals surface area contributed by atoms with Crippen molar-refractivity contribution in [1.82, 2.24) is 0 Å². The molecule has 1 atom stereocenters. The van der Waals surface area contributed by atoms with Gasteiger partial charge in [-0.1, -0.05) is 14.4 Å². The van der Waals surface area contributed by atoms with E-state index < -0.39 is 0 Å². The molecule has 1 nitrogen and oxygen atoms in total. The third-order valence-electron chi connectivity index (χ3n) is 1.11. The fourth-order valence-corrected chi connectivity index (χ4v) is 0.348. The van der Waals surface area contributed by atoms with E-state index >= 15 is 0 Å². The predicted octanol–water partition coefficient (Wildman–Crippen LogP) is 3.36. The van der Waals surface area contributed by atoms with Gasteiger partial charge in [0.05, 0.1) is 12.4 Å². The van der Waals surface area contributed by atoms with Gasteiger partial charge in [-0.15, -0.1) is 0 Å². The van der Waals surface area contributed by atoms with Crippen LogP contribution in [-0.2, 0) is 4.74 Å². The molecule has 0 saturated carbocycles. The van der Waals surface area contributed by atoms with Crippen LogP contribution in [-0.4, -0.2) is 6.10 Å². The highest BCUT2D eigenvalue weighted by Gasteiger charge is 1.92. The van der Waals surface area contributed by atoms with Crippen LogP contribution in [0.2, 0.25) is 0 Å². The number of allylic oxidation sites excluding steroid dienone is 1. The van der Waals surface area contributed by atoms with Crippen LogP contribution >= 0.6 is 0 Å². The standard InChI is InChI=1S/C8H16O.CH4/c1-5-8(4)9-6-7(2)3;/h6,8H,5H2,1-4H3;1H4. The quantitative estimate of drug-likeness (QED) is 0.552. The first-order valence-electron chi connectivity index (χ1n) is 3.45. The Morgan fingerprint density at radius 3 is 2.30 bits per heavy atom. The number of hydrogen-bond donors (Lipinski definition) is 0. The second-order valence-corrected chi connectivity index (χ2v) is 2.55. The van der Waals surface area contributed by atoms with E-state index in [4.69, 9.17) is 4.74 Å². The SMILES string of the molecule is C.CCC(C)OC=C(C)C. The number of rotatable bonds is 3. The van der Waals surface area contributed by atoms with Crippen molar-refractivity contribution in [2.24, 2.45) is 0 Å². The minimum Gasteiger partial charge on any atom is -0.498 e. The summed E-state index contributed by atoms with van der Waals surface area (Å²) in [4.78, 5) is 0. The van der Waals surface area contributed by atoms with Crippen LogP contribution in [0.3, 0.4) is 0 Å². The molecule has 0 rings (SSSR count). The van der Waals surface area contributed by atoms with Crippen molar-refractivity contribution in [3.63, 3.8) is 0 Å². The van der Waals surface area contributed by atoms with Crippen LogP contribution in [0.1, 0.15) is 41.5 Å². The van der Waals surface area contributed by atoms with Gasteiger partial charge >= 0.3 is 0 Å². The summed E-state index contributed by atoms with van der Waals surface area (Å²) in [5.74, 6) is 0. The van der Waals surface area contributed by atoms with E-state index in [2.05, 4.69) is 13.8 Å². The normalized spacial score (nSPS) is 11.2. The van der Waals surface area contributed by atoms with E-state index in [1.165, 1.54) is 5.57 Å². The summed E-state index contributed by atoms with van der Waals surface area (Å²) in [5, 5.41) is 0. The van der Waals surface area contributed by atoms with Crippen molar-refractivity contribution in [2.45, 2.75) is 47.6 Å². The Morgan fingerprint density at radius 2 is 2.00 bits per heavy atom. The van der Waals surface area contributed by atoms with E-state index in [1.807, 2.05) is 20.1 Å². The average molecular weight is 144 g/mol. The topological polar surface area (TPSA) is 9.23 Å². The maximum absolute atomic E-state index is 5.29. The number of hydrogen-bond acceptors (Lipinski definition) is 1. The minimum atomic E-state index is 0. The van der Waals surface area contributed by atoms with Gasteiger partial charge in [-0.25, -0.2) is 0 Å². The van der Waals surface area contributed by atoms with Crippen LogP contribution in [0.15, 0.2) is 11.8 Å². The van der Waals surface area contributed by atoms with Crippen molar-refractivity contribution in [3.8, 4) is 0 Å². The molecule has 0 aromatic rings. The lowest BCUT2D eigenvalue weighted by Gasteiger charge is -2.07. The maximum atomic E-state index is 5.29. The Morgan fingerprint density at radius 1 is 1.50 bits per heavy atom. The van der Waals surface area contributed by atoms with E-state index in [9.17, 15) is 0 Å². The van der Waals surface area contributed by atoms with Crippen molar-refractivity contribution in [1.29, 1.82) is 0 Å². The first kappa shape index (κ1) is 12.2. The second-order valence-electron chi connectivity index (χ2n) is 2.55. The summed E-state index contributed by atoms with van der Waals surface area (Å²) in [6, 6.07) is 0. The Labute approximate surface area is 65.1 Å². The molecule has 62 valence electrons. The third kappa shape index (κ3) is 7.54. The molecule has 0 fully saturated rings. The molecule has 0 heterocycles. The molecule has 0 amide bonds. The monoisotopic (exact) mass is 144 g/mol. The van der Waals surface area contributed by atoms with Gasteiger partial charge in [-0.2, -0.15) is 0 Å². The highest BCUT2D eigenvalue weighted by atomic mass is 16.5. The lowest BCUT2D eigenvalue weighted by molar-refractivity contribution is 0.156. The average Bonchev–Trinajstić information content (AvgIpc) is 1.83. The van der Waals surface area contributed by atoms with Gasteiger partial charge in [-0.05, 0) is 32.8 Å². The van der Waals surface area contributed by atoms with Crippen molar-refractivity contribution >= 4 is 0 Å². The predicted molar refractivity (Wildman–Crippen MR) is 47.0 cm³/mol. The second kappa shape index (κ2) is 6.66. The van der Waals surface area contributed by atoms with Gasteiger partial charge in [0, 0.05) is 0 Å². The molecule has 0 aromatic carbocycles. The van der Waals surface area contributed by atoms with Gasteiger partial charge in [0.1, 0.15) is 0 Å². The zero-order valence-corrected chi connectivity index (χ0v) is 6.77. The maximum Gasteiger partial charge on any atom is 0.0947 e. The molecule has 0 aliphatic heterocycles. The van der Waals surface area contributed by atoms with Crippen molar-refractivity contribution < 1.29 is 4.74 Å². The zero-order valence-electron chi connectivity index (χ0n) is 6.77. The highest BCUT2D eigenvalue weighted by Crippen LogP contribution is 1.98. The summed E-state index contributed by atoms with van der Waals surface area (Å²) in [6.07, 6.45) is 3.25. The number of ether oxygens (including phenoxy) is 1. The molecule has 1 heteroatoms. The Bertz CT molecular complexity index is 90.9. The molecule has 0 aliphatic rings. The smallest absolute Gasteiger partial charge is 0.0947 e. The summed E-state index contributed by atoms with van der Waals surface area (Å²) in [6.45, 7) is 8.24. The van der Waals surface area contributed by atoms with Gasteiger partial charge in [0.15, 0.2) is 0 Å². The molecular formula is C9H20O. The molecule has 0 aromatic heterocycles. The molecule has 1 unspecified atom stereocenters. The lowest BCUT2D eigenvalue weighted by atomic mass is 10.3. The van der Waals surface area contributed by atoms with E-state index in [0.717, 1.165) is 6.42 Å². The van der Waals surface area contributed by atoms with E-state index in [0.29, 0.717) is 6.10 Å². The molecule has 0 bridgehead atoms. The van der Waals surface area contributed by atoms with Crippen LogP contribution in [0, 0.1) is 0 Å².